The molecule has 0 spiro atoms. The predicted octanol–water partition coefficient (Wildman–Crippen LogP) is 11.0. The van der Waals surface area contributed by atoms with E-state index in [0.29, 0.717) is 45.8 Å². The van der Waals surface area contributed by atoms with Crippen LogP contribution in [0.3, 0.4) is 0 Å². The molecule has 0 saturated heterocycles. The highest BCUT2D eigenvalue weighted by Crippen LogP contribution is 2.40. The molecule has 2 heterocycles. The number of amides is 2. The number of hydrogen-bond donors (Lipinski definition) is 1. The maximum Gasteiger partial charge on any atom is 0.425 e. The van der Waals surface area contributed by atoms with Gasteiger partial charge in [0.1, 0.15) is 28.8 Å². The summed E-state index contributed by atoms with van der Waals surface area (Å²) < 4.78 is 36.2. The summed E-state index contributed by atoms with van der Waals surface area (Å²) in [5.74, 6) is 1.13. The third-order valence-electron chi connectivity index (χ3n) is 9.55. The molecule has 0 bridgehead atoms. The number of pyridine rings is 1. The van der Waals surface area contributed by atoms with Crippen LogP contribution in [-0.4, -0.2) is 51.5 Å². The van der Waals surface area contributed by atoms with E-state index in [1.54, 1.807) is 71.5 Å². The zero-order chi connectivity index (χ0) is 41.4. The van der Waals surface area contributed by atoms with Crippen LogP contribution in [0.15, 0.2) is 72.9 Å². The molecular formula is C43H55FN6O5Si. The van der Waals surface area contributed by atoms with Crippen LogP contribution in [0.1, 0.15) is 92.2 Å². The maximum atomic E-state index is 16.7. The first kappa shape index (κ1) is 41.9. The van der Waals surface area contributed by atoms with Gasteiger partial charge in [-0.05, 0) is 107 Å². The lowest BCUT2D eigenvalue weighted by Gasteiger charge is -2.37. The number of nitrogens with one attached hydrogen (secondary N) is 1. The van der Waals surface area contributed by atoms with Crippen LogP contribution < -0.4 is 14.6 Å². The van der Waals surface area contributed by atoms with Gasteiger partial charge >= 0.3 is 12.2 Å². The Labute approximate surface area is 330 Å². The first-order valence-electron chi connectivity index (χ1n) is 18.9. The summed E-state index contributed by atoms with van der Waals surface area (Å²) in [6.45, 7) is 23.1. The second-order valence-corrected chi connectivity index (χ2v) is 22.1. The number of ether oxygens (including phenoxy) is 2. The number of halogens is 1. The van der Waals surface area contributed by atoms with Gasteiger partial charge < -0.3 is 19.2 Å². The van der Waals surface area contributed by atoms with E-state index in [9.17, 15) is 9.59 Å². The number of carbonyl (C=O) groups excluding carboxylic acids is 2. The summed E-state index contributed by atoms with van der Waals surface area (Å²) in [5, 5.41) is 9.31. The smallest absolute Gasteiger partial charge is 0.425 e. The summed E-state index contributed by atoms with van der Waals surface area (Å²) in [4.78, 5) is 37.2. The van der Waals surface area contributed by atoms with Gasteiger partial charge in [-0.1, -0.05) is 58.0 Å². The van der Waals surface area contributed by atoms with Crippen molar-refractivity contribution in [2.24, 2.45) is 7.05 Å². The minimum absolute atomic E-state index is 0.0471. The second-order valence-electron chi connectivity index (χ2n) is 17.4. The van der Waals surface area contributed by atoms with Crippen LogP contribution in [0, 0.1) is 5.82 Å². The lowest BCUT2D eigenvalue weighted by Crippen LogP contribution is -2.44. The molecule has 0 fully saturated rings. The Morgan fingerprint density at radius 2 is 1.52 bits per heavy atom. The lowest BCUT2D eigenvalue weighted by atomic mass is 9.99. The average molecular weight is 783 g/mol. The van der Waals surface area contributed by atoms with Crippen molar-refractivity contribution in [2.75, 3.05) is 10.2 Å². The van der Waals surface area contributed by atoms with E-state index < -0.39 is 43.6 Å². The molecule has 56 heavy (non-hydrogen) atoms. The van der Waals surface area contributed by atoms with Crippen molar-refractivity contribution in [3.63, 3.8) is 0 Å². The maximum absolute atomic E-state index is 16.7. The van der Waals surface area contributed by atoms with Gasteiger partial charge in [0.2, 0.25) is 8.32 Å². The number of carbonyl (C=O) groups is 2. The van der Waals surface area contributed by atoms with Crippen LogP contribution >= 0.6 is 0 Å². The van der Waals surface area contributed by atoms with Crippen molar-refractivity contribution in [3.05, 3.63) is 95.7 Å². The summed E-state index contributed by atoms with van der Waals surface area (Å²) in [6.07, 6.45) is 0.279. The first-order chi connectivity index (χ1) is 26.0. The highest BCUT2D eigenvalue weighted by molar-refractivity contribution is 6.74. The van der Waals surface area contributed by atoms with Crippen molar-refractivity contribution < 1.29 is 27.9 Å². The third-order valence-corrected chi connectivity index (χ3v) is 13.9. The zero-order valence-electron chi connectivity index (χ0n) is 34.9. The van der Waals surface area contributed by atoms with Gasteiger partial charge in [0, 0.05) is 41.5 Å². The molecule has 2 aromatic heterocycles. The monoisotopic (exact) mass is 782 g/mol. The van der Waals surface area contributed by atoms with E-state index in [4.69, 9.17) is 24.0 Å². The topological polar surface area (TPSA) is 121 Å². The van der Waals surface area contributed by atoms with Gasteiger partial charge in [0.15, 0.2) is 17.5 Å². The lowest BCUT2D eigenvalue weighted by molar-refractivity contribution is 0.0429. The zero-order valence-corrected chi connectivity index (χ0v) is 35.9. The van der Waals surface area contributed by atoms with Crippen molar-refractivity contribution in [1.29, 1.82) is 0 Å². The normalized spacial score (nSPS) is 13.0. The van der Waals surface area contributed by atoms with Gasteiger partial charge in [-0.25, -0.2) is 23.9 Å². The molecule has 0 aliphatic heterocycles. The molecule has 0 aliphatic carbocycles. The van der Waals surface area contributed by atoms with E-state index in [-0.39, 0.29) is 10.9 Å². The molecule has 5 rings (SSSR count). The fourth-order valence-electron chi connectivity index (χ4n) is 5.74. The molecule has 1 atom stereocenters. The van der Waals surface area contributed by atoms with Crippen molar-refractivity contribution in [2.45, 2.75) is 111 Å². The van der Waals surface area contributed by atoms with Crippen LogP contribution in [0.25, 0.3) is 22.2 Å². The fourth-order valence-corrected chi connectivity index (χ4v) is 6.78. The molecule has 2 amide bonds. The van der Waals surface area contributed by atoms with E-state index in [2.05, 4.69) is 44.2 Å². The Balaban J connectivity index is 1.63. The molecule has 1 unspecified atom stereocenters. The molecule has 5 aromatic rings. The van der Waals surface area contributed by atoms with Crippen molar-refractivity contribution >= 4 is 42.8 Å². The number of anilines is 2. The van der Waals surface area contributed by atoms with Gasteiger partial charge in [-0.2, -0.15) is 10.00 Å². The standard InChI is InChI=1S/C43H55FN6O5Si/c1-14-27-25-32(33(44)26-34(27)55-56(12,13)43(8,9)10)35(38-47-36(48-49(38)11)28-18-16-15-17-19-28)46-30-20-21-31-29(24-30)22-23-45-37(31)50(39(51)53-41(2,3)4)40(52)54-42(5,6)7/h15-26,35,46H,14H2,1-13H3. The molecular weight excluding hydrogens is 728 g/mol. The van der Waals surface area contributed by atoms with Crippen LogP contribution in [0.5, 0.6) is 5.75 Å². The first-order valence-corrected chi connectivity index (χ1v) is 21.8. The van der Waals surface area contributed by atoms with Crippen molar-refractivity contribution in [3.8, 4) is 17.1 Å². The van der Waals surface area contributed by atoms with Gasteiger partial charge in [0.05, 0.1) is 0 Å². The Kier molecular flexibility index (Phi) is 11.7. The SMILES string of the molecule is CCc1cc(C(Nc2ccc3c(N(C(=O)OC(C)(C)C)C(=O)OC(C)(C)C)nccc3c2)c2nc(-c3ccccc3)nn2C)c(F)cc1O[Si](C)(C)C(C)(C)C. The van der Waals surface area contributed by atoms with Crippen LogP contribution in [0.2, 0.25) is 18.1 Å². The van der Waals surface area contributed by atoms with E-state index in [1.807, 2.05) is 49.4 Å². The Hall–Kier alpha value is -5.30. The number of benzene rings is 3. The summed E-state index contributed by atoms with van der Waals surface area (Å²) in [6, 6.07) is 19.3. The van der Waals surface area contributed by atoms with E-state index in [1.165, 1.54) is 12.3 Å². The molecule has 0 aliphatic rings. The summed E-state index contributed by atoms with van der Waals surface area (Å²) in [7, 11) is -0.492. The molecule has 3 aromatic carbocycles. The van der Waals surface area contributed by atoms with Crippen LogP contribution in [-0.2, 0) is 22.9 Å². The molecule has 11 nitrogen and oxygen atoms in total. The highest BCUT2D eigenvalue weighted by Gasteiger charge is 2.40. The minimum Gasteiger partial charge on any atom is -0.543 e. The predicted molar refractivity (Wildman–Crippen MR) is 222 cm³/mol. The van der Waals surface area contributed by atoms with E-state index in [0.717, 1.165) is 16.0 Å². The number of imide groups is 1. The van der Waals surface area contributed by atoms with Crippen molar-refractivity contribution in [1.82, 2.24) is 19.7 Å². The number of hydrogen-bond acceptors (Lipinski definition) is 9. The molecule has 298 valence electrons. The highest BCUT2D eigenvalue weighted by atomic mass is 28.4. The van der Waals surface area contributed by atoms with E-state index >= 15 is 4.39 Å². The number of rotatable bonds is 9. The Bertz CT molecular complexity index is 2190. The second kappa shape index (κ2) is 15.7. The summed E-state index contributed by atoms with van der Waals surface area (Å²) >= 11 is 0. The minimum atomic E-state index is -2.28. The van der Waals surface area contributed by atoms with Gasteiger partial charge in [-0.15, -0.1) is 0 Å². The van der Waals surface area contributed by atoms with Crippen LogP contribution in [0.4, 0.5) is 25.5 Å². The number of fused-ring (bicyclic) bond motifs is 1. The average Bonchev–Trinajstić information content (AvgIpc) is 3.47. The summed E-state index contributed by atoms with van der Waals surface area (Å²) in [5.41, 5.74) is 0.903. The fraction of sp³-hybridized carbons (Fsp3) is 0.419. The molecule has 0 radical (unpaired) electrons. The third kappa shape index (κ3) is 9.55. The molecule has 0 saturated carbocycles. The van der Waals surface area contributed by atoms with Gasteiger partial charge in [-0.3, -0.25) is 4.68 Å². The molecule has 13 heteroatoms. The number of aromatic nitrogens is 4. The largest absolute Gasteiger partial charge is 0.543 e. The number of aryl methyl sites for hydroxylation is 2. The molecule has 1 N–H and O–H groups in total. The number of nitrogens with zero attached hydrogens (tertiary/aromatic N) is 5. The Morgan fingerprint density at radius 3 is 2.09 bits per heavy atom. The van der Waals surface area contributed by atoms with Gasteiger partial charge in [0.25, 0.3) is 0 Å². The quantitative estimate of drug-likeness (QED) is 0.146. The Morgan fingerprint density at radius 1 is 0.893 bits per heavy atom.